The summed E-state index contributed by atoms with van der Waals surface area (Å²) in [4.78, 5) is 17.3. The molecule has 0 aromatic carbocycles. The van der Waals surface area contributed by atoms with Gasteiger partial charge in [-0.1, -0.05) is 6.92 Å². The molecule has 5 rings (SSSR count). The minimum absolute atomic E-state index is 0.0206. The fourth-order valence-corrected chi connectivity index (χ4v) is 8.32. The third-order valence-electron chi connectivity index (χ3n) is 9.86. The molecule has 5 nitrogen and oxygen atoms in total. The summed E-state index contributed by atoms with van der Waals surface area (Å²) < 4.78 is 18.1. The fourth-order valence-electron chi connectivity index (χ4n) is 8.32. The summed E-state index contributed by atoms with van der Waals surface area (Å²) in [5.41, 5.74) is -1.53. The van der Waals surface area contributed by atoms with Crippen LogP contribution >= 0.6 is 0 Å². The molecule has 4 aliphatic carbocycles. The maximum atomic E-state index is 16.5. The maximum Gasteiger partial charge on any atom is 0.156 e. The Morgan fingerprint density at radius 3 is 2.81 bits per heavy atom. The van der Waals surface area contributed by atoms with Gasteiger partial charge in [0.05, 0.1) is 24.7 Å². The normalized spacial score (nSPS) is 46.5. The van der Waals surface area contributed by atoms with Crippen molar-refractivity contribution in [3.63, 3.8) is 0 Å². The molecule has 1 aromatic rings. The zero-order chi connectivity index (χ0) is 22.0. The number of alkyl halides is 1. The van der Waals surface area contributed by atoms with Gasteiger partial charge in [0.15, 0.2) is 5.78 Å². The third-order valence-corrected chi connectivity index (χ3v) is 9.86. The Kier molecular flexibility index (Phi) is 4.86. The van der Waals surface area contributed by atoms with E-state index in [0.29, 0.717) is 36.8 Å². The number of Topliss-reactive ketones (excluding diaryl/α,β-unsaturated/α-hetero) is 1. The molecule has 4 fully saturated rings. The van der Waals surface area contributed by atoms with Crippen molar-refractivity contribution in [2.45, 2.75) is 89.4 Å². The Morgan fingerprint density at radius 2 is 2.03 bits per heavy atom. The van der Waals surface area contributed by atoms with Crippen LogP contribution in [-0.2, 0) is 11.3 Å². The van der Waals surface area contributed by atoms with Crippen molar-refractivity contribution in [3.8, 4) is 6.07 Å². The standard InChI is InChI=1S/C25H34FN3O2/c1-23(31)9-10-25(26)16(11-23)3-4-18-19-5-6-21(24(19,2)8-7-20(18)25)22(30)14-29-15-28-13-17(29)12-27/h13,15-16,18-21,31H,3-11,14H2,1-2H3/t16-,18+,19+,20+,21-,23-,24+,25-/m1/s1. The molecule has 0 saturated heterocycles. The number of imidazole rings is 1. The predicted octanol–water partition coefficient (Wildman–Crippen LogP) is 4.44. The van der Waals surface area contributed by atoms with Gasteiger partial charge in [0.2, 0.25) is 0 Å². The number of nitrogens with zero attached hydrogens (tertiary/aromatic N) is 3. The summed E-state index contributed by atoms with van der Waals surface area (Å²) in [6, 6.07) is 2.10. The van der Waals surface area contributed by atoms with Crippen LogP contribution < -0.4 is 0 Å². The molecule has 31 heavy (non-hydrogen) atoms. The minimum Gasteiger partial charge on any atom is -0.390 e. The molecule has 168 valence electrons. The lowest BCUT2D eigenvalue weighted by Crippen LogP contribution is -2.58. The maximum absolute atomic E-state index is 16.5. The molecule has 4 aliphatic rings. The molecule has 1 N–H and O–H groups in total. The Hall–Kier alpha value is -1.74. The number of halogens is 1. The number of carbonyl (C=O) groups excluding carboxylic acids is 1. The van der Waals surface area contributed by atoms with Gasteiger partial charge in [-0.15, -0.1) is 0 Å². The molecule has 0 amide bonds. The summed E-state index contributed by atoms with van der Waals surface area (Å²) in [6.07, 6.45) is 10.2. The molecular formula is C25H34FN3O2. The zero-order valence-electron chi connectivity index (χ0n) is 18.7. The summed E-state index contributed by atoms with van der Waals surface area (Å²) >= 11 is 0. The van der Waals surface area contributed by atoms with Gasteiger partial charge >= 0.3 is 0 Å². The van der Waals surface area contributed by atoms with Crippen LogP contribution in [0.4, 0.5) is 4.39 Å². The largest absolute Gasteiger partial charge is 0.390 e. The number of hydrogen-bond donors (Lipinski definition) is 1. The second-order valence-corrected chi connectivity index (χ2v) is 11.4. The Bertz CT molecular complexity index is 920. The average Bonchev–Trinajstić information content (AvgIpc) is 3.31. The second kappa shape index (κ2) is 7.13. The Morgan fingerprint density at radius 1 is 1.23 bits per heavy atom. The van der Waals surface area contributed by atoms with Crippen molar-refractivity contribution in [1.82, 2.24) is 9.55 Å². The molecule has 4 saturated carbocycles. The number of fused-ring (bicyclic) bond motifs is 5. The highest BCUT2D eigenvalue weighted by molar-refractivity contribution is 5.82. The lowest BCUT2D eigenvalue weighted by atomic mass is 9.48. The summed E-state index contributed by atoms with van der Waals surface area (Å²) in [5, 5.41) is 19.8. The van der Waals surface area contributed by atoms with Crippen LogP contribution in [0, 0.1) is 46.3 Å². The molecule has 0 spiro atoms. The first-order chi connectivity index (χ1) is 14.7. The van der Waals surface area contributed by atoms with E-state index < -0.39 is 11.3 Å². The van der Waals surface area contributed by atoms with E-state index in [1.807, 2.05) is 6.92 Å². The first-order valence-corrected chi connectivity index (χ1v) is 12.0. The summed E-state index contributed by atoms with van der Waals surface area (Å²) in [6.45, 7) is 4.33. The first-order valence-electron chi connectivity index (χ1n) is 12.0. The van der Waals surface area contributed by atoms with E-state index in [0.717, 1.165) is 38.5 Å². The highest BCUT2D eigenvalue weighted by atomic mass is 19.1. The molecule has 0 bridgehead atoms. The smallest absolute Gasteiger partial charge is 0.156 e. The van der Waals surface area contributed by atoms with Gasteiger partial charge in [0, 0.05) is 5.92 Å². The van der Waals surface area contributed by atoms with Gasteiger partial charge in [-0.25, -0.2) is 9.37 Å². The van der Waals surface area contributed by atoms with Crippen molar-refractivity contribution in [2.75, 3.05) is 0 Å². The van der Waals surface area contributed by atoms with Crippen LogP contribution in [0.25, 0.3) is 0 Å². The molecule has 0 aliphatic heterocycles. The van der Waals surface area contributed by atoms with E-state index in [1.54, 1.807) is 10.9 Å². The van der Waals surface area contributed by atoms with Gasteiger partial charge in [-0.05, 0) is 93.8 Å². The molecule has 1 heterocycles. The van der Waals surface area contributed by atoms with E-state index in [-0.39, 0.29) is 35.5 Å². The molecule has 6 heteroatoms. The summed E-state index contributed by atoms with van der Waals surface area (Å²) in [5.74, 6) is 0.973. The quantitative estimate of drug-likeness (QED) is 0.774. The second-order valence-electron chi connectivity index (χ2n) is 11.4. The van der Waals surface area contributed by atoms with Crippen LogP contribution in [0.2, 0.25) is 0 Å². The van der Waals surface area contributed by atoms with Crippen molar-refractivity contribution in [2.24, 2.45) is 35.0 Å². The van der Waals surface area contributed by atoms with Gasteiger partial charge in [-0.3, -0.25) is 4.79 Å². The summed E-state index contributed by atoms with van der Waals surface area (Å²) in [7, 11) is 0. The third kappa shape index (κ3) is 3.18. The number of rotatable bonds is 3. The van der Waals surface area contributed by atoms with Crippen molar-refractivity contribution < 1.29 is 14.3 Å². The van der Waals surface area contributed by atoms with Gasteiger partial charge in [-0.2, -0.15) is 5.26 Å². The van der Waals surface area contributed by atoms with Gasteiger partial charge in [0.1, 0.15) is 17.4 Å². The highest BCUT2D eigenvalue weighted by Crippen LogP contribution is 2.66. The monoisotopic (exact) mass is 427 g/mol. The van der Waals surface area contributed by atoms with Crippen LogP contribution in [-0.4, -0.2) is 31.7 Å². The van der Waals surface area contributed by atoms with Crippen LogP contribution in [0.1, 0.15) is 77.3 Å². The zero-order valence-corrected chi connectivity index (χ0v) is 18.7. The van der Waals surface area contributed by atoms with Crippen molar-refractivity contribution in [1.29, 1.82) is 5.26 Å². The molecule has 0 unspecified atom stereocenters. The molecule has 1 aromatic heterocycles. The van der Waals surface area contributed by atoms with E-state index >= 15 is 4.39 Å². The number of carbonyl (C=O) groups is 1. The molecule has 8 atom stereocenters. The highest BCUT2D eigenvalue weighted by Gasteiger charge is 2.63. The van der Waals surface area contributed by atoms with Crippen LogP contribution in [0.3, 0.4) is 0 Å². The van der Waals surface area contributed by atoms with Crippen molar-refractivity contribution in [3.05, 3.63) is 18.2 Å². The van der Waals surface area contributed by atoms with E-state index in [9.17, 15) is 15.2 Å². The van der Waals surface area contributed by atoms with E-state index in [4.69, 9.17) is 0 Å². The molecule has 0 radical (unpaired) electrons. The van der Waals surface area contributed by atoms with Crippen molar-refractivity contribution >= 4 is 5.78 Å². The number of ketones is 1. The SMILES string of the molecule is C[C@@]1(O)CC[C@@]2(F)[C@H](CC[C@H]3[C@@H]4CC[C@H](C(=O)Cn5cncc5C#N)[C@@]4(C)CC[C@@H]32)C1. The first kappa shape index (κ1) is 21.1. The topological polar surface area (TPSA) is 78.9 Å². The Balaban J connectivity index is 1.35. The van der Waals surface area contributed by atoms with Crippen LogP contribution in [0.5, 0.6) is 0 Å². The number of hydrogen-bond acceptors (Lipinski definition) is 4. The van der Waals surface area contributed by atoms with Crippen LogP contribution in [0.15, 0.2) is 12.5 Å². The average molecular weight is 428 g/mol. The number of aliphatic hydroxyl groups is 1. The van der Waals surface area contributed by atoms with E-state index in [1.165, 1.54) is 6.20 Å². The Labute approximate surface area is 184 Å². The lowest BCUT2D eigenvalue weighted by molar-refractivity contribution is -0.165. The predicted molar refractivity (Wildman–Crippen MR) is 114 cm³/mol. The van der Waals surface area contributed by atoms with Gasteiger partial charge in [0.25, 0.3) is 0 Å². The number of nitriles is 1. The number of aromatic nitrogens is 2. The molecular weight excluding hydrogens is 393 g/mol. The lowest BCUT2D eigenvalue weighted by Gasteiger charge is -2.59. The fraction of sp³-hybridized carbons (Fsp3) is 0.800. The minimum atomic E-state index is -1.15. The van der Waals surface area contributed by atoms with E-state index in [2.05, 4.69) is 18.0 Å². The van der Waals surface area contributed by atoms with Gasteiger partial charge < -0.3 is 9.67 Å².